The predicted octanol–water partition coefficient (Wildman–Crippen LogP) is 2.37. The van der Waals surface area contributed by atoms with E-state index in [1.165, 1.54) is 23.1 Å². The van der Waals surface area contributed by atoms with E-state index in [1.54, 1.807) is 24.3 Å². The highest BCUT2D eigenvalue weighted by Crippen LogP contribution is 2.22. The third-order valence-corrected chi connectivity index (χ3v) is 4.61. The predicted molar refractivity (Wildman–Crippen MR) is 108 cm³/mol. The van der Waals surface area contributed by atoms with Crippen molar-refractivity contribution in [3.8, 4) is 0 Å². The topological polar surface area (TPSA) is 90.9 Å². The molecule has 2 aromatic carbocycles. The van der Waals surface area contributed by atoms with Crippen LogP contribution in [0.2, 0.25) is 0 Å². The van der Waals surface area contributed by atoms with Gasteiger partial charge in [-0.3, -0.25) is 19.3 Å². The van der Waals surface area contributed by atoms with Crippen LogP contribution in [0, 0.1) is 11.7 Å². The van der Waals surface area contributed by atoms with Crippen LogP contribution in [-0.4, -0.2) is 29.0 Å². The summed E-state index contributed by atoms with van der Waals surface area (Å²) in [6, 6.07) is 12.1. The number of amides is 3. The van der Waals surface area contributed by atoms with Crippen molar-refractivity contribution in [1.29, 1.82) is 0 Å². The van der Waals surface area contributed by atoms with Crippen molar-refractivity contribution >= 4 is 62.9 Å². The zero-order valence-electron chi connectivity index (χ0n) is 14.1. The van der Waals surface area contributed by atoms with E-state index in [1.807, 2.05) is 0 Å². The van der Waals surface area contributed by atoms with Crippen molar-refractivity contribution in [2.75, 3.05) is 4.90 Å². The Morgan fingerprint density at radius 1 is 1.21 bits per heavy atom. The lowest BCUT2D eigenvalue weighted by Gasteiger charge is -2.30. The molecule has 2 aromatic rings. The summed E-state index contributed by atoms with van der Waals surface area (Å²) in [5.74, 6) is -4.13. The lowest BCUT2D eigenvalue weighted by molar-refractivity contribution is -0.130. The lowest BCUT2D eigenvalue weighted by atomic mass is 10.1. The SMILES string of the molecule is O=C(N/N=C\[C@H]1C(=O)NC(=S)N(c2ccc(Br)cc2)C1=O)c1ccccc1F. The standard InChI is InChI=1S/C18H12BrFN4O3S/c19-10-5-7-11(8-6-10)24-17(27)13(15(25)22-18(24)28)9-21-23-16(26)12-3-1-2-4-14(12)20/h1-9,13H,(H,23,26)(H,22,25,28)/b21-9-/t13-/m0/s1. The van der Waals surface area contributed by atoms with E-state index in [0.717, 1.165) is 16.8 Å². The molecule has 1 fully saturated rings. The van der Waals surface area contributed by atoms with Gasteiger partial charge in [-0.25, -0.2) is 9.82 Å². The van der Waals surface area contributed by atoms with Gasteiger partial charge in [-0.05, 0) is 48.6 Å². The molecule has 0 aromatic heterocycles. The zero-order valence-corrected chi connectivity index (χ0v) is 16.5. The summed E-state index contributed by atoms with van der Waals surface area (Å²) in [7, 11) is 0. The molecule has 28 heavy (non-hydrogen) atoms. The number of thiocarbonyl (C=S) groups is 1. The first-order chi connectivity index (χ1) is 13.4. The molecule has 0 radical (unpaired) electrons. The fraction of sp³-hybridized carbons (Fsp3) is 0.0556. The average Bonchev–Trinajstić information content (AvgIpc) is 2.66. The third-order valence-electron chi connectivity index (χ3n) is 3.80. The molecule has 1 aliphatic rings. The molecule has 2 N–H and O–H groups in total. The summed E-state index contributed by atoms with van der Waals surface area (Å²) >= 11 is 8.39. The Morgan fingerprint density at radius 3 is 2.57 bits per heavy atom. The van der Waals surface area contributed by atoms with E-state index < -0.39 is 29.5 Å². The molecule has 1 aliphatic heterocycles. The van der Waals surface area contributed by atoms with E-state index in [2.05, 4.69) is 31.8 Å². The molecule has 1 heterocycles. The van der Waals surface area contributed by atoms with Crippen molar-refractivity contribution < 1.29 is 18.8 Å². The maximum Gasteiger partial charge on any atom is 0.274 e. The van der Waals surface area contributed by atoms with Crippen molar-refractivity contribution in [2.24, 2.45) is 11.0 Å². The number of hydrogen-bond donors (Lipinski definition) is 2. The van der Waals surface area contributed by atoms with E-state index in [4.69, 9.17) is 12.2 Å². The summed E-state index contributed by atoms with van der Waals surface area (Å²) < 4.78 is 14.4. The van der Waals surface area contributed by atoms with Gasteiger partial charge in [0.25, 0.3) is 11.8 Å². The molecule has 1 atom stereocenters. The summed E-state index contributed by atoms with van der Waals surface area (Å²) in [4.78, 5) is 38.0. The Bertz CT molecular complexity index is 997. The van der Waals surface area contributed by atoms with Gasteiger partial charge in [0.05, 0.1) is 11.3 Å². The molecular formula is C18H12BrFN4O3S. The van der Waals surface area contributed by atoms with Gasteiger partial charge in [-0.1, -0.05) is 28.1 Å². The van der Waals surface area contributed by atoms with Gasteiger partial charge < -0.3 is 5.32 Å². The highest BCUT2D eigenvalue weighted by molar-refractivity contribution is 9.10. The zero-order chi connectivity index (χ0) is 20.3. The average molecular weight is 463 g/mol. The van der Waals surface area contributed by atoms with Crippen LogP contribution in [0.4, 0.5) is 10.1 Å². The number of carbonyl (C=O) groups excluding carboxylic acids is 3. The number of anilines is 1. The van der Waals surface area contributed by atoms with Crippen LogP contribution in [0.25, 0.3) is 0 Å². The van der Waals surface area contributed by atoms with Gasteiger partial charge >= 0.3 is 0 Å². The van der Waals surface area contributed by atoms with Crippen molar-refractivity contribution in [2.45, 2.75) is 0 Å². The first-order valence-electron chi connectivity index (χ1n) is 7.91. The number of halogens is 2. The Labute approximate surface area is 172 Å². The van der Waals surface area contributed by atoms with Crippen LogP contribution in [0.3, 0.4) is 0 Å². The van der Waals surface area contributed by atoms with Gasteiger partial charge in [0, 0.05) is 10.7 Å². The third kappa shape index (κ3) is 4.12. The largest absolute Gasteiger partial charge is 0.301 e. The minimum absolute atomic E-state index is 0.0580. The summed E-state index contributed by atoms with van der Waals surface area (Å²) in [5.41, 5.74) is 2.36. The Balaban J connectivity index is 1.76. The van der Waals surface area contributed by atoms with Gasteiger partial charge in [0.15, 0.2) is 11.0 Å². The second-order valence-corrected chi connectivity index (χ2v) is 6.92. The number of rotatable bonds is 4. The highest BCUT2D eigenvalue weighted by atomic mass is 79.9. The Hall–Kier alpha value is -2.98. The van der Waals surface area contributed by atoms with E-state index in [9.17, 15) is 18.8 Å². The number of nitrogens with one attached hydrogen (secondary N) is 2. The highest BCUT2D eigenvalue weighted by Gasteiger charge is 2.38. The molecule has 0 unspecified atom stereocenters. The molecule has 0 spiro atoms. The van der Waals surface area contributed by atoms with Gasteiger partial charge in [0.1, 0.15) is 5.82 Å². The van der Waals surface area contributed by atoms with Gasteiger partial charge in [-0.2, -0.15) is 5.10 Å². The molecule has 142 valence electrons. The number of nitrogens with zero attached hydrogens (tertiary/aromatic N) is 2. The lowest BCUT2D eigenvalue weighted by Crippen LogP contribution is -2.58. The molecule has 0 saturated carbocycles. The quantitative estimate of drug-likeness (QED) is 0.315. The molecular weight excluding hydrogens is 451 g/mol. The first kappa shape index (κ1) is 19.8. The molecule has 10 heteroatoms. The fourth-order valence-electron chi connectivity index (χ4n) is 2.43. The van der Waals surface area contributed by atoms with Crippen LogP contribution in [-0.2, 0) is 9.59 Å². The van der Waals surface area contributed by atoms with Crippen molar-refractivity contribution in [3.63, 3.8) is 0 Å². The molecule has 3 rings (SSSR count). The number of hydrazone groups is 1. The van der Waals surface area contributed by atoms with Crippen LogP contribution in [0.1, 0.15) is 10.4 Å². The minimum atomic E-state index is -1.31. The number of hydrogen-bond acceptors (Lipinski definition) is 5. The van der Waals surface area contributed by atoms with Gasteiger partial charge in [0.2, 0.25) is 5.91 Å². The maximum absolute atomic E-state index is 13.6. The smallest absolute Gasteiger partial charge is 0.274 e. The van der Waals surface area contributed by atoms with E-state index >= 15 is 0 Å². The maximum atomic E-state index is 13.6. The van der Waals surface area contributed by atoms with Gasteiger partial charge in [-0.15, -0.1) is 0 Å². The normalized spacial score (nSPS) is 17.0. The first-order valence-corrected chi connectivity index (χ1v) is 9.11. The van der Waals surface area contributed by atoms with Crippen molar-refractivity contribution in [1.82, 2.24) is 10.7 Å². The Morgan fingerprint density at radius 2 is 1.89 bits per heavy atom. The van der Waals surface area contributed by atoms with Crippen LogP contribution in [0.5, 0.6) is 0 Å². The summed E-state index contributed by atoms with van der Waals surface area (Å²) in [5, 5.41) is 6.00. The summed E-state index contributed by atoms with van der Waals surface area (Å²) in [6.07, 6.45) is 0.976. The fourth-order valence-corrected chi connectivity index (χ4v) is 2.99. The van der Waals surface area contributed by atoms with E-state index in [0.29, 0.717) is 5.69 Å². The number of carbonyl (C=O) groups is 3. The molecule has 3 amide bonds. The van der Waals surface area contributed by atoms with Crippen LogP contribution < -0.4 is 15.6 Å². The molecule has 1 saturated heterocycles. The molecule has 0 aliphatic carbocycles. The second kappa shape index (κ2) is 8.36. The summed E-state index contributed by atoms with van der Waals surface area (Å²) in [6.45, 7) is 0. The van der Waals surface area contributed by atoms with Crippen molar-refractivity contribution in [3.05, 3.63) is 64.4 Å². The Kier molecular flexibility index (Phi) is 5.90. The monoisotopic (exact) mass is 462 g/mol. The second-order valence-electron chi connectivity index (χ2n) is 5.62. The van der Waals surface area contributed by atoms with Crippen LogP contribution >= 0.6 is 28.1 Å². The minimum Gasteiger partial charge on any atom is -0.301 e. The molecule has 7 nitrogen and oxygen atoms in total. The number of benzene rings is 2. The molecule has 0 bridgehead atoms. The van der Waals surface area contributed by atoms with E-state index in [-0.39, 0.29) is 10.7 Å². The van der Waals surface area contributed by atoms with Crippen LogP contribution in [0.15, 0.2) is 58.1 Å².